The van der Waals surface area contributed by atoms with Gasteiger partial charge in [0.25, 0.3) is 0 Å². The third-order valence-electron chi connectivity index (χ3n) is 3.43. The summed E-state index contributed by atoms with van der Waals surface area (Å²) in [5.41, 5.74) is 4.01. The molecule has 5 nitrogen and oxygen atoms in total. The number of halogens is 3. The number of carbonyl (C=O) groups excluding carboxylic acids is 1. The molecule has 1 unspecified atom stereocenters. The summed E-state index contributed by atoms with van der Waals surface area (Å²) < 4.78 is 49.9. The number of anilines is 1. The van der Waals surface area contributed by atoms with E-state index in [9.17, 15) is 18.0 Å². The van der Waals surface area contributed by atoms with Gasteiger partial charge in [0.15, 0.2) is 5.75 Å². The van der Waals surface area contributed by atoms with Crippen molar-refractivity contribution in [2.24, 2.45) is 0 Å². The fourth-order valence-electron chi connectivity index (χ4n) is 2.39. The molecule has 0 aromatic heterocycles. The van der Waals surface area contributed by atoms with Gasteiger partial charge in [-0.2, -0.15) is 13.2 Å². The standard InChI is InChI=1S/C16H21F3N2O3/c1-15(2,3)24-14(22)21-8-7-10(9-21)23-13-11(16(17,18)19)5-4-6-12(13)20/h4-6,10H,7-9,20H2,1-3H3. The molecule has 1 atom stereocenters. The molecule has 0 bridgehead atoms. The summed E-state index contributed by atoms with van der Waals surface area (Å²) in [5, 5.41) is 0. The molecule has 0 radical (unpaired) electrons. The maximum atomic E-state index is 13.1. The highest BCUT2D eigenvalue weighted by atomic mass is 19.4. The van der Waals surface area contributed by atoms with Crippen LogP contribution in [0.4, 0.5) is 23.7 Å². The molecule has 1 heterocycles. The van der Waals surface area contributed by atoms with Gasteiger partial charge in [0, 0.05) is 13.0 Å². The van der Waals surface area contributed by atoms with Gasteiger partial charge in [0.05, 0.1) is 17.8 Å². The summed E-state index contributed by atoms with van der Waals surface area (Å²) in [6.45, 7) is 5.74. The Labute approximate surface area is 138 Å². The molecule has 0 spiro atoms. The first-order valence-electron chi connectivity index (χ1n) is 7.57. The zero-order valence-electron chi connectivity index (χ0n) is 13.8. The molecule has 1 aliphatic heterocycles. The molecule has 0 saturated carbocycles. The first-order chi connectivity index (χ1) is 11.0. The average Bonchev–Trinajstić information content (AvgIpc) is 2.86. The van der Waals surface area contributed by atoms with E-state index in [1.807, 2.05) is 0 Å². The molecule has 1 amide bonds. The van der Waals surface area contributed by atoms with Crippen LogP contribution in [0.2, 0.25) is 0 Å². The second-order valence-corrected chi connectivity index (χ2v) is 6.68. The van der Waals surface area contributed by atoms with Crippen molar-refractivity contribution in [2.45, 2.75) is 45.1 Å². The molecule has 0 aliphatic carbocycles. The van der Waals surface area contributed by atoms with Gasteiger partial charge in [-0.15, -0.1) is 0 Å². The summed E-state index contributed by atoms with van der Waals surface area (Å²) in [6.07, 6.45) is -5.23. The van der Waals surface area contributed by atoms with E-state index in [0.29, 0.717) is 13.0 Å². The minimum absolute atomic E-state index is 0.0828. The largest absolute Gasteiger partial charge is 0.486 e. The SMILES string of the molecule is CC(C)(C)OC(=O)N1CCC(Oc2c(N)cccc2C(F)(F)F)C1. The molecule has 1 aromatic rings. The minimum atomic E-state index is -4.56. The number of nitrogens with zero attached hydrogens (tertiary/aromatic N) is 1. The van der Waals surface area contributed by atoms with Crippen LogP contribution in [0.3, 0.4) is 0 Å². The fourth-order valence-corrected chi connectivity index (χ4v) is 2.39. The van der Waals surface area contributed by atoms with Crippen LogP contribution < -0.4 is 10.5 Å². The van der Waals surface area contributed by atoms with Crippen molar-refractivity contribution in [3.63, 3.8) is 0 Å². The summed E-state index contributed by atoms with van der Waals surface area (Å²) in [6, 6.07) is 3.50. The maximum Gasteiger partial charge on any atom is 0.420 e. The molecule has 1 saturated heterocycles. The molecule has 2 N–H and O–H groups in total. The van der Waals surface area contributed by atoms with Crippen molar-refractivity contribution in [3.05, 3.63) is 23.8 Å². The van der Waals surface area contributed by atoms with E-state index in [-0.39, 0.29) is 18.0 Å². The van der Waals surface area contributed by atoms with Gasteiger partial charge < -0.3 is 20.1 Å². The van der Waals surface area contributed by atoms with Crippen molar-refractivity contribution < 1.29 is 27.4 Å². The van der Waals surface area contributed by atoms with Gasteiger partial charge in [-0.05, 0) is 32.9 Å². The molecule has 1 fully saturated rings. The first-order valence-corrected chi connectivity index (χ1v) is 7.57. The fraction of sp³-hybridized carbons (Fsp3) is 0.562. The Balaban J connectivity index is 2.08. The van der Waals surface area contributed by atoms with Gasteiger partial charge in [0.1, 0.15) is 11.7 Å². The third-order valence-corrected chi connectivity index (χ3v) is 3.43. The van der Waals surface area contributed by atoms with E-state index in [2.05, 4.69) is 0 Å². The van der Waals surface area contributed by atoms with Gasteiger partial charge in [-0.25, -0.2) is 4.79 Å². The number of nitrogens with two attached hydrogens (primary N) is 1. The molecule has 1 aromatic carbocycles. The number of carbonyl (C=O) groups is 1. The monoisotopic (exact) mass is 346 g/mol. The second-order valence-electron chi connectivity index (χ2n) is 6.68. The van der Waals surface area contributed by atoms with Gasteiger partial charge in [-0.3, -0.25) is 0 Å². The van der Waals surface area contributed by atoms with Crippen LogP contribution in [-0.4, -0.2) is 35.8 Å². The third kappa shape index (κ3) is 4.46. The number of para-hydroxylation sites is 1. The molecule has 2 rings (SSSR count). The number of amides is 1. The van der Waals surface area contributed by atoms with Gasteiger partial charge >= 0.3 is 12.3 Å². The normalized spacial score (nSPS) is 18.6. The van der Waals surface area contributed by atoms with Crippen molar-refractivity contribution >= 4 is 11.8 Å². The number of ether oxygens (including phenoxy) is 2. The lowest BCUT2D eigenvalue weighted by Crippen LogP contribution is -2.36. The van der Waals surface area contributed by atoms with Crippen LogP contribution in [-0.2, 0) is 10.9 Å². The number of likely N-dealkylation sites (tertiary alicyclic amines) is 1. The lowest BCUT2D eigenvalue weighted by atomic mass is 10.1. The van der Waals surface area contributed by atoms with Crippen LogP contribution in [0.5, 0.6) is 5.75 Å². The predicted octanol–water partition coefficient (Wildman–Crippen LogP) is 3.68. The van der Waals surface area contributed by atoms with Crippen LogP contribution in [0.15, 0.2) is 18.2 Å². The van der Waals surface area contributed by atoms with E-state index in [1.165, 1.54) is 17.0 Å². The Morgan fingerprint density at radius 2 is 1.96 bits per heavy atom. The minimum Gasteiger partial charge on any atom is -0.486 e. The highest BCUT2D eigenvalue weighted by molar-refractivity contribution is 5.68. The summed E-state index contributed by atoms with van der Waals surface area (Å²) in [4.78, 5) is 13.4. The van der Waals surface area contributed by atoms with Crippen molar-refractivity contribution in [1.29, 1.82) is 0 Å². The Morgan fingerprint density at radius 3 is 2.54 bits per heavy atom. The highest BCUT2D eigenvalue weighted by Gasteiger charge is 2.37. The number of rotatable bonds is 2. The lowest BCUT2D eigenvalue weighted by molar-refractivity contribution is -0.139. The van der Waals surface area contributed by atoms with Crippen LogP contribution >= 0.6 is 0 Å². The summed E-state index contributed by atoms with van der Waals surface area (Å²) in [7, 11) is 0. The molecule has 134 valence electrons. The van der Waals surface area contributed by atoms with E-state index < -0.39 is 29.5 Å². The quantitative estimate of drug-likeness (QED) is 0.830. The van der Waals surface area contributed by atoms with Gasteiger partial charge in [0.2, 0.25) is 0 Å². The van der Waals surface area contributed by atoms with Crippen LogP contribution in [0.1, 0.15) is 32.8 Å². The van der Waals surface area contributed by atoms with Crippen LogP contribution in [0.25, 0.3) is 0 Å². The zero-order chi connectivity index (χ0) is 18.1. The van der Waals surface area contributed by atoms with E-state index >= 15 is 0 Å². The molecule has 24 heavy (non-hydrogen) atoms. The Morgan fingerprint density at radius 1 is 1.29 bits per heavy atom. The zero-order valence-corrected chi connectivity index (χ0v) is 13.8. The van der Waals surface area contributed by atoms with Crippen molar-refractivity contribution in [3.8, 4) is 5.75 Å². The summed E-state index contributed by atoms with van der Waals surface area (Å²) in [5.74, 6) is -0.388. The maximum absolute atomic E-state index is 13.1. The van der Waals surface area contributed by atoms with E-state index in [4.69, 9.17) is 15.2 Å². The smallest absolute Gasteiger partial charge is 0.420 e. The Hall–Kier alpha value is -2.12. The number of hydrogen-bond acceptors (Lipinski definition) is 4. The van der Waals surface area contributed by atoms with Crippen LogP contribution in [0, 0.1) is 0 Å². The topological polar surface area (TPSA) is 64.8 Å². The Bertz CT molecular complexity index is 612. The predicted molar refractivity (Wildman–Crippen MR) is 82.7 cm³/mol. The van der Waals surface area contributed by atoms with Gasteiger partial charge in [-0.1, -0.05) is 6.07 Å². The first kappa shape index (κ1) is 18.2. The molecule has 8 heteroatoms. The van der Waals surface area contributed by atoms with Crippen molar-refractivity contribution in [2.75, 3.05) is 18.8 Å². The average molecular weight is 346 g/mol. The number of benzene rings is 1. The Kier molecular flexibility index (Phi) is 4.87. The number of alkyl halides is 3. The summed E-state index contributed by atoms with van der Waals surface area (Å²) >= 11 is 0. The second kappa shape index (κ2) is 6.41. The number of nitrogen functional groups attached to an aromatic ring is 1. The molecule has 1 aliphatic rings. The van der Waals surface area contributed by atoms with E-state index in [0.717, 1.165) is 6.07 Å². The lowest BCUT2D eigenvalue weighted by Gasteiger charge is -2.24. The number of hydrogen-bond donors (Lipinski definition) is 1. The van der Waals surface area contributed by atoms with Crippen molar-refractivity contribution in [1.82, 2.24) is 4.90 Å². The molecular weight excluding hydrogens is 325 g/mol. The highest BCUT2D eigenvalue weighted by Crippen LogP contribution is 2.40. The van der Waals surface area contributed by atoms with E-state index in [1.54, 1.807) is 20.8 Å². The molecular formula is C16H21F3N2O3.